The van der Waals surface area contributed by atoms with Crippen molar-refractivity contribution in [2.75, 3.05) is 45.9 Å². The van der Waals surface area contributed by atoms with Gasteiger partial charge in [-0.1, -0.05) is 6.92 Å². The van der Waals surface area contributed by atoms with Crippen molar-refractivity contribution in [1.29, 1.82) is 0 Å². The van der Waals surface area contributed by atoms with Gasteiger partial charge in [0.25, 0.3) is 0 Å². The summed E-state index contributed by atoms with van der Waals surface area (Å²) >= 11 is 0. The number of morpholine rings is 1. The van der Waals surface area contributed by atoms with Crippen molar-refractivity contribution in [2.24, 2.45) is 0 Å². The van der Waals surface area contributed by atoms with Crippen molar-refractivity contribution in [3.05, 3.63) is 0 Å². The van der Waals surface area contributed by atoms with E-state index in [9.17, 15) is 0 Å². The van der Waals surface area contributed by atoms with Gasteiger partial charge in [-0.25, -0.2) is 5.32 Å². The third-order valence-corrected chi connectivity index (χ3v) is 3.61. The fraction of sp³-hybridized carbons (Fsp3) is 1.00. The molecule has 93 valence electrons. The number of hydrogen-bond donors (Lipinski definition) is 1. The lowest BCUT2D eigenvalue weighted by molar-refractivity contribution is 0.00725. The van der Waals surface area contributed by atoms with Crippen molar-refractivity contribution in [3.8, 4) is 0 Å². The molecule has 16 heavy (non-hydrogen) atoms. The summed E-state index contributed by atoms with van der Waals surface area (Å²) in [5.74, 6) is 0. The summed E-state index contributed by atoms with van der Waals surface area (Å²) in [6.07, 6.45) is 2.38. The van der Waals surface area contributed by atoms with E-state index in [1.165, 1.54) is 12.8 Å². The fourth-order valence-corrected chi connectivity index (χ4v) is 2.72. The van der Waals surface area contributed by atoms with Crippen LogP contribution in [-0.2, 0) is 4.74 Å². The van der Waals surface area contributed by atoms with Crippen LogP contribution in [-0.4, -0.2) is 62.9 Å². The molecule has 4 nitrogen and oxygen atoms in total. The summed E-state index contributed by atoms with van der Waals surface area (Å²) < 4.78 is 5.42. The standard InChI is InChI=1S/C12H24N3O/c1-2-12(15-6-8-16-9-7-15)11-10-13-4-3-5-14-11/h11-13H,2-10H2,1H3. The molecule has 2 atom stereocenters. The van der Waals surface area contributed by atoms with Crippen LogP contribution in [0.4, 0.5) is 0 Å². The van der Waals surface area contributed by atoms with Crippen LogP contribution in [0, 0.1) is 0 Å². The minimum Gasteiger partial charge on any atom is -0.379 e. The molecule has 0 aromatic heterocycles. The molecule has 1 radical (unpaired) electrons. The SMILES string of the molecule is CCC(C1CNCCC[N]1)N1CCOCC1. The third kappa shape index (κ3) is 3.17. The highest BCUT2D eigenvalue weighted by molar-refractivity contribution is 4.87. The van der Waals surface area contributed by atoms with Crippen molar-refractivity contribution >= 4 is 0 Å². The summed E-state index contributed by atoms with van der Waals surface area (Å²) in [5.41, 5.74) is 0. The topological polar surface area (TPSA) is 38.6 Å². The van der Waals surface area contributed by atoms with Crippen LogP contribution in [0.3, 0.4) is 0 Å². The first-order valence-corrected chi connectivity index (χ1v) is 6.61. The molecule has 4 heteroatoms. The Kier molecular flexibility index (Phi) is 5.03. The normalized spacial score (nSPS) is 30.9. The van der Waals surface area contributed by atoms with Gasteiger partial charge in [-0.15, -0.1) is 0 Å². The zero-order chi connectivity index (χ0) is 11.2. The highest BCUT2D eigenvalue weighted by atomic mass is 16.5. The minimum absolute atomic E-state index is 0.477. The summed E-state index contributed by atoms with van der Waals surface area (Å²) in [7, 11) is 0. The second kappa shape index (κ2) is 6.55. The molecule has 2 aliphatic rings. The monoisotopic (exact) mass is 226 g/mol. The maximum Gasteiger partial charge on any atom is 0.0594 e. The number of rotatable bonds is 3. The van der Waals surface area contributed by atoms with E-state index in [2.05, 4.69) is 17.1 Å². The molecule has 0 saturated carbocycles. The third-order valence-electron chi connectivity index (χ3n) is 3.61. The Bertz CT molecular complexity index is 187. The van der Waals surface area contributed by atoms with Gasteiger partial charge in [0.05, 0.1) is 19.3 Å². The summed E-state index contributed by atoms with van der Waals surface area (Å²) in [5, 5.41) is 8.32. The van der Waals surface area contributed by atoms with Gasteiger partial charge in [-0.3, -0.25) is 4.90 Å². The highest BCUT2D eigenvalue weighted by Crippen LogP contribution is 2.13. The molecule has 0 spiro atoms. The van der Waals surface area contributed by atoms with E-state index < -0.39 is 0 Å². The van der Waals surface area contributed by atoms with Crippen LogP contribution in [0.1, 0.15) is 19.8 Å². The van der Waals surface area contributed by atoms with E-state index >= 15 is 0 Å². The van der Waals surface area contributed by atoms with Crippen molar-refractivity contribution in [2.45, 2.75) is 31.8 Å². The Labute approximate surface area is 98.7 Å². The molecule has 0 aromatic rings. The van der Waals surface area contributed by atoms with Gasteiger partial charge in [-0.2, -0.15) is 0 Å². The lowest BCUT2D eigenvalue weighted by Crippen LogP contribution is -2.53. The number of hydrogen-bond acceptors (Lipinski definition) is 3. The van der Waals surface area contributed by atoms with Crippen LogP contribution in [0.5, 0.6) is 0 Å². The van der Waals surface area contributed by atoms with Crippen LogP contribution >= 0.6 is 0 Å². The molecule has 2 saturated heterocycles. The van der Waals surface area contributed by atoms with Crippen molar-refractivity contribution in [3.63, 3.8) is 0 Å². The Balaban J connectivity index is 1.90. The molecule has 2 unspecified atom stereocenters. The Morgan fingerprint density at radius 2 is 2.25 bits per heavy atom. The van der Waals surface area contributed by atoms with Crippen molar-refractivity contribution in [1.82, 2.24) is 15.5 Å². The average molecular weight is 226 g/mol. The molecule has 0 amide bonds. The van der Waals surface area contributed by atoms with Gasteiger partial charge >= 0.3 is 0 Å². The van der Waals surface area contributed by atoms with E-state index in [0.717, 1.165) is 45.9 Å². The van der Waals surface area contributed by atoms with Gasteiger partial charge in [0.1, 0.15) is 0 Å². The number of nitrogens with zero attached hydrogens (tertiary/aromatic N) is 2. The second-order valence-electron chi connectivity index (χ2n) is 4.66. The lowest BCUT2D eigenvalue weighted by atomic mass is 10.0. The zero-order valence-corrected chi connectivity index (χ0v) is 10.3. The predicted molar refractivity (Wildman–Crippen MR) is 64.7 cm³/mol. The van der Waals surface area contributed by atoms with E-state index in [1.54, 1.807) is 0 Å². The molecule has 0 aliphatic carbocycles. The summed E-state index contributed by atoms with van der Waals surface area (Å²) in [4.78, 5) is 2.56. The lowest BCUT2D eigenvalue weighted by Gasteiger charge is -2.38. The van der Waals surface area contributed by atoms with Crippen molar-refractivity contribution < 1.29 is 4.74 Å². The quantitative estimate of drug-likeness (QED) is 0.740. The summed E-state index contributed by atoms with van der Waals surface area (Å²) in [6.45, 7) is 9.40. The Morgan fingerprint density at radius 3 is 3.00 bits per heavy atom. The van der Waals surface area contributed by atoms with Gasteiger partial charge < -0.3 is 10.1 Å². The number of nitrogens with one attached hydrogen (secondary N) is 1. The summed E-state index contributed by atoms with van der Waals surface area (Å²) in [6, 6.07) is 1.08. The molecular formula is C12H24N3O. The molecule has 1 N–H and O–H groups in total. The second-order valence-corrected chi connectivity index (χ2v) is 4.66. The van der Waals surface area contributed by atoms with E-state index in [-0.39, 0.29) is 0 Å². The Morgan fingerprint density at radius 1 is 1.44 bits per heavy atom. The first-order chi connectivity index (χ1) is 7.92. The largest absolute Gasteiger partial charge is 0.379 e. The molecular weight excluding hydrogens is 202 g/mol. The van der Waals surface area contributed by atoms with Gasteiger partial charge in [0.15, 0.2) is 0 Å². The average Bonchev–Trinajstić information content (AvgIpc) is 2.61. The molecule has 0 bridgehead atoms. The zero-order valence-electron chi connectivity index (χ0n) is 10.3. The molecule has 0 aromatic carbocycles. The first-order valence-electron chi connectivity index (χ1n) is 6.61. The fourth-order valence-electron chi connectivity index (χ4n) is 2.72. The van der Waals surface area contributed by atoms with E-state index in [0.29, 0.717) is 12.1 Å². The molecule has 2 heterocycles. The van der Waals surface area contributed by atoms with Crippen LogP contribution in [0.2, 0.25) is 0 Å². The molecule has 2 rings (SSSR count). The molecule has 2 aliphatic heterocycles. The minimum atomic E-state index is 0.477. The molecule has 2 fully saturated rings. The highest BCUT2D eigenvalue weighted by Gasteiger charge is 2.28. The van der Waals surface area contributed by atoms with Gasteiger partial charge in [0.2, 0.25) is 0 Å². The smallest absolute Gasteiger partial charge is 0.0594 e. The van der Waals surface area contributed by atoms with E-state index in [1.807, 2.05) is 0 Å². The number of ether oxygens (including phenoxy) is 1. The van der Waals surface area contributed by atoms with E-state index in [4.69, 9.17) is 10.1 Å². The first kappa shape index (κ1) is 12.3. The maximum atomic E-state index is 5.42. The Hall–Kier alpha value is -0.160. The van der Waals surface area contributed by atoms with Crippen LogP contribution < -0.4 is 10.6 Å². The van der Waals surface area contributed by atoms with Crippen LogP contribution in [0.25, 0.3) is 0 Å². The predicted octanol–water partition coefficient (Wildman–Crippen LogP) is 0.0635. The van der Waals surface area contributed by atoms with Crippen LogP contribution in [0.15, 0.2) is 0 Å². The van der Waals surface area contributed by atoms with Gasteiger partial charge in [-0.05, 0) is 19.4 Å². The van der Waals surface area contributed by atoms with Gasteiger partial charge in [0, 0.05) is 32.2 Å². The maximum absolute atomic E-state index is 5.42.